The highest BCUT2D eigenvalue weighted by Gasteiger charge is 2.36. The van der Waals surface area contributed by atoms with Crippen molar-refractivity contribution >= 4 is 35.2 Å². The van der Waals surface area contributed by atoms with E-state index in [-0.39, 0.29) is 68.9 Å². The van der Waals surface area contributed by atoms with E-state index in [1.165, 1.54) is 18.9 Å². The van der Waals surface area contributed by atoms with Crippen LogP contribution in [0.4, 0.5) is 5.69 Å². The number of hydrogen-bond acceptors (Lipinski definition) is 14. The Morgan fingerprint density at radius 2 is 1.54 bits per heavy atom. The first-order valence-corrected chi connectivity index (χ1v) is 22.9. The Morgan fingerprint density at radius 1 is 0.884 bits per heavy atom. The topological polar surface area (TPSA) is 305 Å². The van der Waals surface area contributed by atoms with Gasteiger partial charge in [0.2, 0.25) is 23.6 Å². The van der Waals surface area contributed by atoms with Gasteiger partial charge >= 0.3 is 0 Å². The Morgan fingerprint density at radius 3 is 2.14 bits per heavy atom. The number of nitrogens with two attached hydrogens (primary N) is 4. The van der Waals surface area contributed by atoms with E-state index < -0.39 is 53.7 Å². The first kappa shape index (κ1) is 52.7. The molecule has 4 bridgehead atoms. The normalized spacial score (nSPS) is 16.4. The number of carbonyl (C=O) groups is 5. The molecule has 3 aromatic carbocycles. The van der Waals surface area contributed by atoms with E-state index in [9.17, 15) is 29.2 Å². The first-order valence-electron chi connectivity index (χ1n) is 22.9. The number of amides is 5. The number of rotatable bonds is 18. The Hall–Kier alpha value is -7.27. The largest absolute Gasteiger partial charge is 0.494 e. The van der Waals surface area contributed by atoms with Crippen molar-refractivity contribution in [1.82, 2.24) is 31.2 Å². The molecule has 69 heavy (non-hydrogen) atoms. The van der Waals surface area contributed by atoms with Crippen LogP contribution in [0, 0.1) is 23.7 Å². The molecule has 0 saturated carbocycles. The zero-order valence-corrected chi connectivity index (χ0v) is 40.1. The van der Waals surface area contributed by atoms with Crippen LogP contribution >= 0.6 is 0 Å². The summed E-state index contributed by atoms with van der Waals surface area (Å²) in [6.45, 7) is 10.4. The lowest BCUT2D eigenvalue weighted by atomic mass is 9.93. The van der Waals surface area contributed by atoms with E-state index in [1.54, 1.807) is 49.4 Å². The highest BCUT2D eigenvalue weighted by Crippen LogP contribution is 2.40. The van der Waals surface area contributed by atoms with Crippen LogP contribution in [0.3, 0.4) is 0 Å². The lowest BCUT2D eigenvalue weighted by Crippen LogP contribution is -2.56. The van der Waals surface area contributed by atoms with Gasteiger partial charge in [0.1, 0.15) is 61.2 Å². The fraction of sp³-hybridized carbons (Fsp3) is 0.420. The van der Waals surface area contributed by atoms with E-state index >= 15 is 0 Å². The van der Waals surface area contributed by atoms with E-state index in [1.807, 2.05) is 30.3 Å². The molecule has 4 aromatic rings. The van der Waals surface area contributed by atoms with Crippen LogP contribution in [0.15, 0.2) is 66.7 Å². The molecule has 0 fully saturated rings. The van der Waals surface area contributed by atoms with Crippen molar-refractivity contribution in [3.05, 3.63) is 89.1 Å². The number of carbonyl (C=O) groups excluding carboxylic acids is 5. The van der Waals surface area contributed by atoms with Crippen LogP contribution in [0.25, 0.3) is 22.4 Å². The van der Waals surface area contributed by atoms with Crippen LogP contribution in [0.1, 0.15) is 73.8 Å². The molecule has 0 saturated heterocycles. The SMILES string of the molecule is Cc1nc(-c2ccc(OCCC(C)(C)C)cc2)cc(N)c1C(=O)NC(CCN)C(=O)N(C)[C@@H]1C(=O)N[C@@H](C)C(=O)N[C@H](C(=O)NCC#N)Cc2ccc(OCCN)c(c2)-c2cc1ccc2OCCN. The third-order valence-corrected chi connectivity index (χ3v) is 11.3. The molecule has 1 aliphatic rings. The second-order valence-electron chi connectivity index (χ2n) is 17.9. The minimum Gasteiger partial charge on any atom is -0.494 e. The summed E-state index contributed by atoms with van der Waals surface area (Å²) in [6, 6.07) is 15.9. The third-order valence-electron chi connectivity index (χ3n) is 11.3. The Bertz CT molecular complexity index is 2500. The van der Waals surface area contributed by atoms with Crippen LogP contribution in [0.2, 0.25) is 0 Å². The Labute approximate surface area is 403 Å². The van der Waals surface area contributed by atoms with Gasteiger partial charge in [0, 0.05) is 48.9 Å². The highest BCUT2D eigenvalue weighted by atomic mass is 16.5. The molecule has 5 amide bonds. The number of fused-ring (bicyclic) bond motifs is 5. The number of nitrogens with one attached hydrogen (secondary N) is 4. The van der Waals surface area contributed by atoms with E-state index in [0.29, 0.717) is 57.5 Å². The first-order chi connectivity index (χ1) is 32.9. The summed E-state index contributed by atoms with van der Waals surface area (Å²) >= 11 is 0. The minimum absolute atomic E-state index is 0.00615. The molecule has 368 valence electrons. The molecule has 5 rings (SSSR count). The van der Waals surface area contributed by atoms with Crippen LogP contribution in [-0.2, 0) is 25.6 Å². The van der Waals surface area contributed by atoms with Gasteiger partial charge in [-0.15, -0.1) is 0 Å². The molecule has 12 N–H and O–H groups in total. The van der Waals surface area contributed by atoms with Crippen molar-refractivity contribution in [2.45, 2.75) is 78.0 Å². The standard InChI is InChI=1S/C50H65N11O8/c1-29-43(37(55)28-39(57-29)32-8-11-34(12-9-32)67-22-16-50(3,4)5)47(64)59-38(15-17-51)49(66)61(6)44-33-10-14-42(69-24-20-54)36(27-33)35-25-31(7-13-41(35)68-23-19-53)26-40(46(63)56-21-18-52)60-45(62)30(2)58-48(44)65/h7-14,25,27-28,30,38,40,44H,15-17,19-24,26,51,53-54H2,1-6H3,(H2,55,57)(H,56,63)(H,58,65)(H,59,64)(H,60,62)/t30-,38?,40-,44-/m0/s1. The van der Waals surface area contributed by atoms with Crippen LogP contribution < -0.4 is 58.4 Å². The summed E-state index contributed by atoms with van der Waals surface area (Å²) in [7, 11) is 1.40. The Balaban J connectivity index is 1.52. The number of likely N-dealkylation sites (N-methyl/N-ethyl adjacent to an activating group) is 1. The number of nitriles is 1. The van der Waals surface area contributed by atoms with Crippen molar-refractivity contribution < 1.29 is 38.2 Å². The van der Waals surface area contributed by atoms with Crippen molar-refractivity contribution in [2.24, 2.45) is 22.6 Å². The fourth-order valence-electron chi connectivity index (χ4n) is 7.70. The summed E-state index contributed by atoms with van der Waals surface area (Å²) in [5.74, 6) is -2.02. The van der Waals surface area contributed by atoms with Crippen molar-refractivity contribution in [1.29, 1.82) is 5.26 Å². The number of aromatic nitrogens is 1. The number of pyridine rings is 1. The molecule has 19 nitrogen and oxygen atoms in total. The summed E-state index contributed by atoms with van der Waals surface area (Å²) < 4.78 is 18.1. The van der Waals surface area contributed by atoms with Gasteiger partial charge in [-0.2, -0.15) is 5.26 Å². The smallest absolute Gasteiger partial charge is 0.255 e. The van der Waals surface area contributed by atoms with Gasteiger partial charge in [0.05, 0.1) is 29.6 Å². The maximum Gasteiger partial charge on any atom is 0.255 e. The molecule has 0 spiro atoms. The fourth-order valence-corrected chi connectivity index (χ4v) is 7.70. The van der Waals surface area contributed by atoms with Gasteiger partial charge in [-0.05, 0) is 104 Å². The molecule has 4 atom stereocenters. The third kappa shape index (κ3) is 13.9. The number of aryl methyl sites for hydroxylation is 1. The number of nitrogen functional groups attached to an aromatic ring is 1. The van der Waals surface area contributed by atoms with Crippen molar-refractivity contribution in [2.75, 3.05) is 58.8 Å². The number of nitrogens with zero attached hydrogens (tertiary/aromatic N) is 3. The highest BCUT2D eigenvalue weighted by molar-refractivity contribution is 6.03. The zero-order valence-electron chi connectivity index (χ0n) is 40.1. The lowest BCUT2D eigenvalue weighted by Gasteiger charge is -2.32. The molecular weight excluding hydrogens is 883 g/mol. The van der Waals surface area contributed by atoms with Crippen LogP contribution in [0.5, 0.6) is 17.2 Å². The average molecular weight is 948 g/mol. The van der Waals surface area contributed by atoms with Gasteiger partial charge in [-0.3, -0.25) is 29.0 Å². The quantitative estimate of drug-likeness (QED) is 0.0666. The average Bonchev–Trinajstić information content (AvgIpc) is 3.30. The molecule has 1 unspecified atom stereocenters. The van der Waals surface area contributed by atoms with Crippen LogP contribution in [-0.4, -0.2) is 111 Å². The maximum absolute atomic E-state index is 14.7. The summed E-state index contributed by atoms with van der Waals surface area (Å²) in [5, 5.41) is 19.9. The molecule has 0 radical (unpaired) electrons. The number of ether oxygens (including phenoxy) is 3. The van der Waals surface area contributed by atoms with E-state index in [2.05, 4.69) is 47.0 Å². The predicted octanol–water partition coefficient (Wildman–Crippen LogP) is 2.63. The summed E-state index contributed by atoms with van der Waals surface area (Å²) in [5.41, 5.74) is 28.0. The van der Waals surface area contributed by atoms with E-state index in [0.717, 1.165) is 12.0 Å². The van der Waals surface area contributed by atoms with Gasteiger partial charge in [-0.25, -0.2) is 0 Å². The van der Waals surface area contributed by atoms with E-state index in [4.69, 9.17) is 37.1 Å². The van der Waals surface area contributed by atoms with Crippen molar-refractivity contribution in [3.63, 3.8) is 0 Å². The number of anilines is 1. The number of benzene rings is 3. The van der Waals surface area contributed by atoms with Crippen molar-refractivity contribution in [3.8, 4) is 45.7 Å². The summed E-state index contributed by atoms with van der Waals surface area (Å²) in [4.78, 5) is 76.4. The predicted molar refractivity (Wildman–Crippen MR) is 262 cm³/mol. The zero-order chi connectivity index (χ0) is 50.4. The monoisotopic (exact) mass is 948 g/mol. The Kier molecular flexibility index (Phi) is 18.4. The minimum atomic E-state index is -1.43. The summed E-state index contributed by atoms with van der Waals surface area (Å²) in [6.07, 6.45) is 0.851. The van der Waals surface area contributed by atoms with Gasteiger partial charge < -0.3 is 63.3 Å². The van der Waals surface area contributed by atoms with Gasteiger partial charge in [0.25, 0.3) is 5.91 Å². The maximum atomic E-state index is 14.7. The lowest BCUT2D eigenvalue weighted by molar-refractivity contribution is -0.141. The second-order valence-corrected chi connectivity index (χ2v) is 17.9. The molecule has 2 heterocycles. The molecule has 1 aliphatic heterocycles. The molecular formula is C50H65N11O8. The van der Waals surface area contributed by atoms with Gasteiger partial charge in [0.15, 0.2) is 0 Å². The molecule has 0 aliphatic carbocycles. The second kappa shape index (κ2) is 24.1. The van der Waals surface area contributed by atoms with Gasteiger partial charge in [-0.1, -0.05) is 32.9 Å². The molecule has 19 heteroatoms. The molecule has 1 aromatic heterocycles. The number of hydrogen-bond donors (Lipinski definition) is 8.